The number of esters is 1. The van der Waals surface area contributed by atoms with Crippen molar-refractivity contribution < 1.29 is 14.3 Å². The van der Waals surface area contributed by atoms with Crippen LogP contribution in [0.4, 0.5) is 5.82 Å². The fourth-order valence-electron chi connectivity index (χ4n) is 3.83. The van der Waals surface area contributed by atoms with E-state index in [-0.39, 0.29) is 6.04 Å². The van der Waals surface area contributed by atoms with Gasteiger partial charge in [-0.1, -0.05) is 6.07 Å². The second kappa shape index (κ2) is 8.99. The highest BCUT2D eigenvalue weighted by atomic mass is 127. The minimum Gasteiger partial charge on any atom is -0.492 e. The zero-order chi connectivity index (χ0) is 21.1. The van der Waals surface area contributed by atoms with Gasteiger partial charge in [-0.2, -0.15) is 0 Å². The summed E-state index contributed by atoms with van der Waals surface area (Å²) in [6.07, 6.45) is 4.70. The van der Waals surface area contributed by atoms with Gasteiger partial charge < -0.3 is 19.8 Å². The van der Waals surface area contributed by atoms with Gasteiger partial charge in [0.15, 0.2) is 5.82 Å². The van der Waals surface area contributed by atoms with Gasteiger partial charge in [-0.15, -0.1) is 10.2 Å². The van der Waals surface area contributed by atoms with E-state index in [4.69, 9.17) is 15.2 Å². The van der Waals surface area contributed by atoms with Crippen LogP contribution < -0.4 is 10.5 Å². The van der Waals surface area contributed by atoms with Crippen molar-refractivity contribution in [3.63, 3.8) is 0 Å². The summed E-state index contributed by atoms with van der Waals surface area (Å²) in [6.45, 7) is 0.537. The number of halogens is 1. The van der Waals surface area contributed by atoms with E-state index < -0.39 is 5.97 Å². The lowest BCUT2D eigenvalue weighted by molar-refractivity contribution is 0.0595. The van der Waals surface area contributed by atoms with E-state index in [0.717, 1.165) is 28.7 Å². The third-order valence-electron chi connectivity index (χ3n) is 5.30. The van der Waals surface area contributed by atoms with Gasteiger partial charge in [-0.25, -0.2) is 9.78 Å². The van der Waals surface area contributed by atoms with Crippen molar-refractivity contribution in [1.82, 2.24) is 19.7 Å². The van der Waals surface area contributed by atoms with Crippen LogP contribution in [0.25, 0.3) is 11.5 Å². The standard InChI is InChI=1S/C21H22IN5O3/c1-29-21(28)16-10-14(22)6-8-18(16)30-11-13-5-7-15(9-13)27-12-24-26-20(27)17-3-2-4-19(23)25-17/h2-4,6,8,10,12-13,15H,5,7,9,11H2,1H3,(H2,23,25)/t13?,15-/m0/s1. The van der Waals surface area contributed by atoms with E-state index in [1.165, 1.54) is 7.11 Å². The normalized spacial score (nSPS) is 18.3. The summed E-state index contributed by atoms with van der Waals surface area (Å²) in [5.41, 5.74) is 6.99. The summed E-state index contributed by atoms with van der Waals surface area (Å²) in [5, 5.41) is 8.34. The molecule has 0 amide bonds. The molecule has 1 aliphatic rings. The number of ether oxygens (including phenoxy) is 2. The summed E-state index contributed by atoms with van der Waals surface area (Å²) in [4.78, 5) is 16.4. The molecule has 0 bridgehead atoms. The Morgan fingerprint density at radius 2 is 2.17 bits per heavy atom. The molecule has 1 unspecified atom stereocenters. The number of carbonyl (C=O) groups excluding carboxylic acids is 1. The second-order valence-electron chi connectivity index (χ2n) is 7.29. The van der Waals surface area contributed by atoms with Crippen LogP contribution in [0.15, 0.2) is 42.7 Å². The van der Waals surface area contributed by atoms with Crippen LogP contribution in [0, 0.1) is 9.49 Å². The number of nitrogens with two attached hydrogens (primary N) is 1. The molecule has 8 nitrogen and oxygen atoms in total. The maximum Gasteiger partial charge on any atom is 0.341 e. The molecule has 2 aromatic heterocycles. The molecule has 1 aromatic carbocycles. The Labute approximate surface area is 187 Å². The Morgan fingerprint density at radius 3 is 2.97 bits per heavy atom. The number of anilines is 1. The molecule has 1 fully saturated rings. The fraction of sp³-hybridized carbons (Fsp3) is 0.333. The Bertz CT molecular complexity index is 1050. The van der Waals surface area contributed by atoms with Crippen molar-refractivity contribution in [2.24, 2.45) is 5.92 Å². The van der Waals surface area contributed by atoms with E-state index >= 15 is 0 Å². The molecule has 0 aliphatic heterocycles. The first-order valence-electron chi connectivity index (χ1n) is 9.68. The van der Waals surface area contributed by atoms with Crippen LogP contribution in [0.2, 0.25) is 0 Å². The van der Waals surface area contributed by atoms with Gasteiger partial charge in [0.25, 0.3) is 0 Å². The van der Waals surface area contributed by atoms with Crippen LogP contribution in [0.3, 0.4) is 0 Å². The van der Waals surface area contributed by atoms with Gasteiger partial charge in [0, 0.05) is 9.61 Å². The Kier molecular flexibility index (Phi) is 6.16. The molecule has 2 atom stereocenters. The van der Waals surface area contributed by atoms with Gasteiger partial charge in [0.1, 0.15) is 29.2 Å². The van der Waals surface area contributed by atoms with Gasteiger partial charge in [0.2, 0.25) is 0 Å². The van der Waals surface area contributed by atoms with Crippen LogP contribution in [0.5, 0.6) is 5.75 Å². The minimum absolute atomic E-state index is 0.267. The van der Waals surface area contributed by atoms with E-state index in [9.17, 15) is 4.79 Å². The number of hydrogen-bond donors (Lipinski definition) is 1. The molecule has 0 spiro atoms. The van der Waals surface area contributed by atoms with Gasteiger partial charge in [-0.05, 0) is 78.1 Å². The Morgan fingerprint density at radius 1 is 1.30 bits per heavy atom. The van der Waals surface area contributed by atoms with Crippen LogP contribution in [-0.2, 0) is 4.74 Å². The lowest BCUT2D eigenvalue weighted by Crippen LogP contribution is -2.13. The summed E-state index contributed by atoms with van der Waals surface area (Å²) < 4.78 is 13.9. The monoisotopic (exact) mass is 519 g/mol. The van der Waals surface area contributed by atoms with Crippen molar-refractivity contribution in [2.45, 2.75) is 25.3 Å². The highest BCUT2D eigenvalue weighted by molar-refractivity contribution is 14.1. The quantitative estimate of drug-likeness (QED) is 0.391. The molecule has 0 saturated heterocycles. The molecule has 0 radical (unpaired) electrons. The SMILES string of the molecule is COC(=O)c1cc(I)ccc1OCC1CC[C@H](n2cnnc2-c2cccc(N)n2)C1. The van der Waals surface area contributed by atoms with Crippen molar-refractivity contribution in [3.8, 4) is 17.3 Å². The number of nitrogen functional groups attached to an aromatic ring is 1. The van der Waals surface area contributed by atoms with Crippen molar-refractivity contribution in [3.05, 3.63) is 51.9 Å². The number of hydrogen-bond acceptors (Lipinski definition) is 7. The average Bonchev–Trinajstić information content (AvgIpc) is 3.41. The van der Waals surface area contributed by atoms with E-state index in [0.29, 0.717) is 35.3 Å². The first-order valence-corrected chi connectivity index (χ1v) is 10.8. The largest absolute Gasteiger partial charge is 0.492 e. The molecule has 2 N–H and O–H groups in total. The van der Waals surface area contributed by atoms with E-state index in [1.807, 2.05) is 24.3 Å². The smallest absolute Gasteiger partial charge is 0.341 e. The molecule has 1 aliphatic carbocycles. The number of benzene rings is 1. The Hall–Kier alpha value is -2.69. The predicted octanol–water partition coefficient (Wildman–Crippen LogP) is 3.73. The van der Waals surface area contributed by atoms with Crippen LogP contribution >= 0.6 is 22.6 Å². The number of aromatic nitrogens is 4. The highest BCUT2D eigenvalue weighted by Gasteiger charge is 2.29. The molecule has 1 saturated carbocycles. The molecule has 30 heavy (non-hydrogen) atoms. The van der Waals surface area contributed by atoms with Crippen molar-refractivity contribution in [2.75, 3.05) is 19.5 Å². The van der Waals surface area contributed by atoms with Crippen LogP contribution in [-0.4, -0.2) is 39.4 Å². The number of rotatable bonds is 6. The van der Waals surface area contributed by atoms with E-state index in [1.54, 1.807) is 18.5 Å². The third-order valence-corrected chi connectivity index (χ3v) is 5.97. The first kappa shape index (κ1) is 20.6. The fourth-order valence-corrected chi connectivity index (χ4v) is 4.32. The topological polar surface area (TPSA) is 105 Å². The van der Waals surface area contributed by atoms with Crippen LogP contribution in [0.1, 0.15) is 35.7 Å². The molecular formula is C21H22IN5O3. The van der Waals surface area contributed by atoms with Crippen molar-refractivity contribution in [1.29, 1.82) is 0 Å². The Balaban J connectivity index is 1.43. The van der Waals surface area contributed by atoms with Gasteiger partial charge in [-0.3, -0.25) is 0 Å². The molecule has 156 valence electrons. The summed E-state index contributed by atoms with van der Waals surface area (Å²) in [6, 6.07) is 11.3. The maximum atomic E-state index is 12.0. The van der Waals surface area contributed by atoms with Gasteiger partial charge in [0.05, 0.1) is 13.7 Å². The number of nitrogens with zero attached hydrogens (tertiary/aromatic N) is 4. The number of pyridine rings is 1. The molecule has 2 heterocycles. The van der Waals surface area contributed by atoms with E-state index in [2.05, 4.69) is 42.3 Å². The molecule has 9 heteroatoms. The molecular weight excluding hydrogens is 497 g/mol. The third kappa shape index (κ3) is 4.40. The second-order valence-corrected chi connectivity index (χ2v) is 8.53. The maximum absolute atomic E-state index is 12.0. The summed E-state index contributed by atoms with van der Waals surface area (Å²) in [5.74, 6) is 1.71. The van der Waals surface area contributed by atoms with Crippen molar-refractivity contribution >= 4 is 34.4 Å². The predicted molar refractivity (Wildman–Crippen MR) is 120 cm³/mol. The zero-order valence-corrected chi connectivity index (χ0v) is 18.7. The number of methoxy groups -OCH3 is 1. The minimum atomic E-state index is -0.392. The summed E-state index contributed by atoms with van der Waals surface area (Å²) in [7, 11) is 1.37. The van der Waals surface area contributed by atoms with Gasteiger partial charge >= 0.3 is 5.97 Å². The number of carbonyl (C=O) groups is 1. The lowest BCUT2D eigenvalue weighted by Gasteiger charge is -2.16. The highest BCUT2D eigenvalue weighted by Crippen LogP contribution is 2.37. The lowest BCUT2D eigenvalue weighted by atomic mass is 10.1. The molecule has 4 rings (SSSR count). The summed E-state index contributed by atoms with van der Waals surface area (Å²) >= 11 is 2.17. The first-order chi connectivity index (χ1) is 14.5. The molecule has 3 aromatic rings. The average molecular weight is 519 g/mol. The zero-order valence-electron chi connectivity index (χ0n) is 16.5.